The molecular weight excluding hydrogens is 749 g/mol. The van der Waals surface area contributed by atoms with Gasteiger partial charge < -0.3 is 4.74 Å². The van der Waals surface area contributed by atoms with Crippen molar-refractivity contribution in [3.8, 4) is 16.9 Å². The van der Waals surface area contributed by atoms with E-state index < -0.39 is 6.36 Å². The van der Waals surface area contributed by atoms with Crippen LogP contribution >= 0.6 is 90.4 Å². The zero-order valence-corrected chi connectivity index (χ0v) is 19.5. The molecule has 0 unspecified atom stereocenters. The second kappa shape index (κ2) is 7.45. The lowest BCUT2D eigenvalue weighted by molar-refractivity contribution is -0.274. The van der Waals surface area contributed by atoms with E-state index in [-0.39, 0.29) is 5.75 Å². The van der Waals surface area contributed by atoms with Crippen molar-refractivity contribution in [1.29, 1.82) is 0 Å². The number of halogens is 7. The van der Waals surface area contributed by atoms with Gasteiger partial charge in [0.2, 0.25) is 0 Å². The molecule has 2 aromatic carbocycles. The molecule has 0 aromatic heterocycles. The van der Waals surface area contributed by atoms with E-state index in [2.05, 4.69) is 49.9 Å². The summed E-state index contributed by atoms with van der Waals surface area (Å²) in [4.78, 5) is 0. The molecule has 22 heavy (non-hydrogen) atoms. The van der Waals surface area contributed by atoms with Gasteiger partial charge >= 0.3 is 6.36 Å². The molecule has 2 rings (SSSR count). The summed E-state index contributed by atoms with van der Waals surface area (Å²) in [6.07, 6.45) is -4.68. The quantitative estimate of drug-likeness (QED) is 0.301. The zero-order valence-electron chi connectivity index (χ0n) is 10.9. The molecule has 0 aliphatic rings. The van der Waals surface area contributed by atoms with Crippen LogP contribution < -0.4 is 4.74 Å². The first-order valence-corrected chi connectivity index (χ1v) is 10.1. The van der Waals surface area contributed by atoms with Crippen molar-refractivity contribution in [3.05, 3.63) is 44.1 Å². The van der Waals surface area contributed by atoms with Crippen molar-refractivity contribution in [1.82, 2.24) is 0 Å². The SMILES string of the molecule is Cc1ccc(-c2c(I)cc(OC(F)(F)F)cc2I)c(I)c1I. The van der Waals surface area contributed by atoms with Crippen LogP contribution in [0.1, 0.15) is 5.56 Å². The lowest BCUT2D eigenvalue weighted by Gasteiger charge is -2.15. The molecule has 0 bridgehead atoms. The molecule has 2 aromatic rings. The standard InChI is InChI=1S/C14H7F3I4O/c1-6-2-3-8(13(21)12(6)20)11-9(18)4-7(5-10(11)19)22-14(15,16)17/h2-5H,1H3. The van der Waals surface area contributed by atoms with Gasteiger partial charge in [0.05, 0.1) is 0 Å². The molecule has 0 heterocycles. The summed E-state index contributed by atoms with van der Waals surface area (Å²) in [5.41, 5.74) is 3.12. The number of ether oxygens (including phenoxy) is 1. The Hall–Kier alpha value is 0.950. The Bertz CT molecular complexity index is 706. The van der Waals surface area contributed by atoms with E-state index in [1.807, 2.05) is 64.2 Å². The maximum absolute atomic E-state index is 12.4. The monoisotopic (exact) mass is 756 g/mol. The van der Waals surface area contributed by atoms with Crippen LogP contribution in [0.4, 0.5) is 13.2 Å². The Balaban J connectivity index is 2.56. The maximum Gasteiger partial charge on any atom is 0.573 e. The number of aryl methyl sites for hydroxylation is 1. The van der Waals surface area contributed by atoms with Crippen LogP contribution in [0.3, 0.4) is 0 Å². The average Bonchev–Trinajstić information content (AvgIpc) is 2.36. The Labute approximate surface area is 180 Å². The Kier molecular flexibility index (Phi) is 6.53. The summed E-state index contributed by atoms with van der Waals surface area (Å²) in [6, 6.07) is 6.84. The van der Waals surface area contributed by atoms with E-state index in [1.165, 1.54) is 17.7 Å². The molecule has 118 valence electrons. The predicted octanol–water partition coefficient (Wildman–Crippen LogP) is 6.98. The highest BCUT2D eigenvalue weighted by atomic mass is 127. The average molecular weight is 756 g/mol. The zero-order chi connectivity index (χ0) is 16.7. The summed E-state index contributed by atoms with van der Waals surface area (Å²) >= 11 is 8.65. The van der Waals surface area contributed by atoms with Gasteiger partial charge in [-0.15, -0.1) is 13.2 Å². The number of alkyl halides is 3. The van der Waals surface area contributed by atoms with Crippen molar-refractivity contribution < 1.29 is 17.9 Å². The summed E-state index contributed by atoms with van der Waals surface area (Å²) in [6.45, 7) is 2.03. The number of benzene rings is 2. The van der Waals surface area contributed by atoms with Crippen LogP contribution in [-0.4, -0.2) is 6.36 Å². The van der Waals surface area contributed by atoms with E-state index in [4.69, 9.17) is 0 Å². The third-order valence-electron chi connectivity index (χ3n) is 2.79. The molecule has 8 heteroatoms. The number of rotatable bonds is 2. The third kappa shape index (κ3) is 4.52. The second-order valence-electron chi connectivity index (χ2n) is 4.37. The van der Waals surface area contributed by atoms with Crippen molar-refractivity contribution in [2.75, 3.05) is 0 Å². The van der Waals surface area contributed by atoms with E-state index >= 15 is 0 Å². The highest BCUT2D eigenvalue weighted by Gasteiger charge is 2.31. The molecule has 0 aliphatic heterocycles. The van der Waals surface area contributed by atoms with Crippen molar-refractivity contribution in [3.63, 3.8) is 0 Å². The van der Waals surface area contributed by atoms with Crippen molar-refractivity contribution >= 4 is 90.4 Å². The summed E-state index contributed by atoms with van der Waals surface area (Å²) in [7, 11) is 0. The van der Waals surface area contributed by atoms with E-state index in [0.717, 1.165) is 25.4 Å². The van der Waals surface area contributed by atoms with E-state index in [9.17, 15) is 13.2 Å². The fourth-order valence-corrected chi connectivity index (χ4v) is 5.48. The first kappa shape index (κ1) is 19.3. The number of hydrogen-bond donors (Lipinski definition) is 0. The lowest BCUT2D eigenvalue weighted by atomic mass is 10.0. The predicted molar refractivity (Wildman–Crippen MR) is 114 cm³/mol. The Morgan fingerprint density at radius 3 is 1.95 bits per heavy atom. The van der Waals surface area contributed by atoms with Crippen LogP contribution in [0.2, 0.25) is 0 Å². The molecule has 0 saturated carbocycles. The topological polar surface area (TPSA) is 9.23 Å². The molecule has 0 aliphatic carbocycles. The summed E-state index contributed by atoms with van der Waals surface area (Å²) in [5.74, 6) is -0.193. The van der Waals surface area contributed by atoms with Crippen LogP contribution in [0.25, 0.3) is 11.1 Å². The molecule has 0 spiro atoms. The van der Waals surface area contributed by atoms with Gasteiger partial charge in [-0.2, -0.15) is 0 Å². The first-order valence-electron chi connectivity index (χ1n) is 5.80. The largest absolute Gasteiger partial charge is 0.573 e. The van der Waals surface area contributed by atoms with Crippen LogP contribution in [0.15, 0.2) is 24.3 Å². The fourth-order valence-electron chi connectivity index (χ4n) is 1.84. The normalized spacial score (nSPS) is 11.6. The Morgan fingerprint density at radius 2 is 1.45 bits per heavy atom. The Morgan fingerprint density at radius 1 is 0.909 bits per heavy atom. The molecule has 0 fully saturated rings. The second-order valence-corrected chi connectivity index (χ2v) is 8.85. The van der Waals surface area contributed by atoms with Gasteiger partial charge in [0.15, 0.2) is 0 Å². The molecule has 0 atom stereocenters. The van der Waals surface area contributed by atoms with Gasteiger partial charge in [-0.3, -0.25) is 0 Å². The van der Waals surface area contributed by atoms with Crippen LogP contribution in [-0.2, 0) is 0 Å². The third-order valence-corrected chi connectivity index (χ3v) is 8.04. The minimum atomic E-state index is -4.68. The van der Waals surface area contributed by atoms with E-state index in [1.54, 1.807) is 0 Å². The minimum Gasteiger partial charge on any atom is -0.406 e. The fraction of sp³-hybridized carbons (Fsp3) is 0.143. The highest BCUT2D eigenvalue weighted by molar-refractivity contribution is 14.1. The molecule has 1 nitrogen and oxygen atoms in total. The van der Waals surface area contributed by atoms with Crippen LogP contribution in [0, 0.1) is 21.2 Å². The molecule has 0 saturated heterocycles. The van der Waals surface area contributed by atoms with Crippen molar-refractivity contribution in [2.24, 2.45) is 0 Å². The van der Waals surface area contributed by atoms with Gasteiger partial charge in [0, 0.05) is 19.8 Å². The highest BCUT2D eigenvalue weighted by Crippen LogP contribution is 2.39. The minimum absolute atomic E-state index is 0.193. The number of hydrogen-bond acceptors (Lipinski definition) is 1. The van der Waals surface area contributed by atoms with Gasteiger partial charge in [-0.25, -0.2) is 0 Å². The van der Waals surface area contributed by atoms with E-state index in [0.29, 0.717) is 0 Å². The maximum atomic E-state index is 12.4. The van der Waals surface area contributed by atoms with Gasteiger partial charge in [0.25, 0.3) is 0 Å². The lowest BCUT2D eigenvalue weighted by Crippen LogP contribution is -2.17. The molecule has 0 amide bonds. The van der Waals surface area contributed by atoms with Gasteiger partial charge in [0.1, 0.15) is 5.75 Å². The van der Waals surface area contributed by atoms with Gasteiger partial charge in [-0.1, -0.05) is 12.1 Å². The molecule has 0 radical (unpaired) electrons. The van der Waals surface area contributed by atoms with Crippen molar-refractivity contribution in [2.45, 2.75) is 13.3 Å². The molecular formula is C14H7F3I4O. The first-order chi connectivity index (χ1) is 10.1. The summed E-state index contributed by atoms with van der Waals surface area (Å²) in [5, 5.41) is 0. The van der Waals surface area contributed by atoms with Crippen LogP contribution in [0.5, 0.6) is 5.75 Å². The summed E-state index contributed by atoms with van der Waals surface area (Å²) < 4.78 is 44.8. The van der Waals surface area contributed by atoms with Gasteiger partial charge in [-0.05, 0) is 121 Å². The smallest absolute Gasteiger partial charge is 0.406 e. The molecule has 0 N–H and O–H groups in total.